The van der Waals surface area contributed by atoms with Crippen LogP contribution in [-0.4, -0.2) is 12.5 Å². The van der Waals surface area contributed by atoms with Crippen molar-refractivity contribution in [3.8, 4) is 0 Å². The third-order valence-corrected chi connectivity index (χ3v) is 5.57. The van der Waals surface area contributed by atoms with Crippen molar-refractivity contribution in [3.05, 3.63) is 33.4 Å². The molecule has 0 spiro atoms. The van der Waals surface area contributed by atoms with Gasteiger partial charge in [-0.15, -0.1) is 0 Å². The van der Waals surface area contributed by atoms with Crippen molar-refractivity contribution in [2.45, 2.75) is 96.8 Å². The Morgan fingerprint density at radius 1 is 0.808 bits per heavy atom. The van der Waals surface area contributed by atoms with Gasteiger partial charge in [0.15, 0.2) is 0 Å². The first kappa shape index (κ1) is 23.5. The fourth-order valence-corrected chi connectivity index (χ4v) is 3.80. The Bertz CT molecular complexity index is 475. The Labute approximate surface area is 175 Å². The molecule has 0 atom stereocenters. The number of carbonyl (C=O) groups excluding carboxylic acids is 1. The normalized spacial score (nSPS) is 10.8. The molecule has 1 N–H and O–H groups in total. The molecule has 0 aromatic heterocycles. The molecule has 0 saturated heterocycles. The Morgan fingerprint density at radius 3 is 1.81 bits per heavy atom. The third-order valence-electron chi connectivity index (χ3n) is 4.90. The van der Waals surface area contributed by atoms with E-state index in [-0.39, 0.29) is 5.91 Å². The molecule has 0 saturated carbocycles. The Balaban J connectivity index is 1.83. The first-order valence-electron chi connectivity index (χ1n) is 10.8. The lowest BCUT2D eigenvalue weighted by Gasteiger charge is -2.06. The van der Waals surface area contributed by atoms with Crippen LogP contribution >= 0.6 is 22.6 Å². The second-order valence-corrected chi connectivity index (χ2v) is 8.61. The van der Waals surface area contributed by atoms with Gasteiger partial charge in [-0.25, -0.2) is 0 Å². The third kappa shape index (κ3) is 12.7. The first-order valence-corrected chi connectivity index (χ1v) is 11.9. The van der Waals surface area contributed by atoms with Crippen LogP contribution in [0.3, 0.4) is 0 Å². The first-order chi connectivity index (χ1) is 12.7. The number of hydrogen-bond donors (Lipinski definition) is 1. The second kappa shape index (κ2) is 16.6. The maximum atomic E-state index is 12.0. The topological polar surface area (TPSA) is 29.1 Å². The molecule has 1 aromatic carbocycles. The van der Waals surface area contributed by atoms with Crippen LogP contribution in [0.25, 0.3) is 0 Å². The van der Waals surface area contributed by atoms with E-state index < -0.39 is 0 Å². The molecule has 0 fully saturated rings. The quantitative estimate of drug-likeness (QED) is 0.196. The molecule has 1 aromatic rings. The Morgan fingerprint density at radius 2 is 1.31 bits per heavy atom. The van der Waals surface area contributed by atoms with Crippen molar-refractivity contribution in [1.29, 1.82) is 0 Å². The highest BCUT2D eigenvalue weighted by Gasteiger charge is 2.04. The zero-order valence-corrected chi connectivity index (χ0v) is 18.9. The molecule has 1 rings (SSSR count). The van der Waals surface area contributed by atoms with Crippen LogP contribution in [0.5, 0.6) is 0 Å². The summed E-state index contributed by atoms with van der Waals surface area (Å²) in [6.45, 7) is 3.07. The van der Waals surface area contributed by atoms with E-state index >= 15 is 0 Å². The monoisotopic (exact) mass is 471 g/mol. The molecular formula is C23H38INO. The molecule has 0 aliphatic carbocycles. The van der Waals surface area contributed by atoms with Gasteiger partial charge in [-0.05, 0) is 47.2 Å². The number of hydrogen-bond acceptors (Lipinski definition) is 1. The Hall–Kier alpha value is -0.580. The number of amides is 1. The van der Waals surface area contributed by atoms with E-state index in [1.807, 2.05) is 24.3 Å². The summed E-state index contributed by atoms with van der Waals surface area (Å²) in [6.07, 6.45) is 19.1. The number of nitrogens with one attached hydrogen (secondary N) is 1. The number of carbonyl (C=O) groups is 1. The zero-order valence-electron chi connectivity index (χ0n) is 16.7. The highest BCUT2D eigenvalue weighted by molar-refractivity contribution is 14.1. The summed E-state index contributed by atoms with van der Waals surface area (Å²) >= 11 is 2.24. The van der Waals surface area contributed by atoms with E-state index in [9.17, 15) is 4.79 Å². The highest BCUT2D eigenvalue weighted by Crippen LogP contribution is 2.13. The van der Waals surface area contributed by atoms with Crippen LogP contribution in [0, 0.1) is 3.57 Å². The highest BCUT2D eigenvalue weighted by atomic mass is 127. The maximum absolute atomic E-state index is 12.0. The van der Waals surface area contributed by atoms with Crippen LogP contribution < -0.4 is 5.32 Å². The van der Waals surface area contributed by atoms with E-state index in [2.05, 4.69) is 34.8 Å². The molecule has 148 valence electrons. The number of benzene rings is 1. The lowest BCUT2D eigenvalue weighted by atomic mass is 10.0. The molecule has 0 heterocycles. The molecule has 1 amide bonds. The average molecular weight is 471 g/mol. The van der Waals surface area contributed by atoms with Gasteiger partial charge in [0.2, 0.25) is 0 Å². The summed E-state index contributed by atoms with van der Waals surface area (Å²) in [5.74, 6) is 0.0539. The predicted molar refractivity (Wildman–Crippen MR) is 122 cm³/mol. The SMILES string of the molecule is CCCCCCCCCCCCCCCCNC(=O)c1cccc(I)c1. The zero-order chi connectivity index (χ0) is 18.9. The van der Waals surface area contributed by atoms with Crippen molar-refractivity contribution >= 4 is 28.5 Å². The van der Waals surface area contributed by atoms with Crippen molar-refractivity contribution in [1.82, 2.24) is 5.32 Å². The van der Waals surface area contributed by atoms with Crippen LogP contribution in [0.4, 0.5) is 0 Å². The smallest absolute Gasteiger partial charge is 0.251 e. The minimum Gasteiger partial charge on any atom is -0.352 e. The van der Waals surface area contributed by atoms with Crippen molar-refractivity contribution < 1.29 is 4.79 Å². The molecule has 3 heteroatoms. The summed E-state index contributed by atoms with van der Waals surface area (Å²) in [6, 6.07) is 7.75. The summed E-state index contributed by atoms with van der Waals surface area (Å²) in [5, 5.41) is 3.03. The van der Waals surface area contributed by atoms with Gasteiger partial charge in [0.05, 0.1) is 0 Å². The van der Waals surface area contributed by atoms with Gasteiger partial charge in [0, 0.05) is 15.7 Å². The van der Waals surface area contributed by atoms with Crippen LogP contribution in [0.2, 0.25) is 0 Å². The summed E-state index contributed by atoms with van der Waals surface area (Å²) in [4.78, 5) is 12.0. The molecule has 0 aliphatic rings. The van der Waals surface area contributed by atoms with E-state index in [0.29, 0.717) is 0 Å². The van der Waals surface area contributed by atoms with Gasteiger partial charge in [-0.3, -0.25) is 4.79 Å². The number of unbranched alkanes of at least 4 members (excludes halogenated alkanes) is 13. The van der Waals surface area contributed by atoms with Crippen molar-refractivity contribution in [3.63, 3.8) is 0 Å². The van der Waals surface area contributed by atoms with Crippen LogP contribution in [0.1, 0.15) is 107 Å². The number of rotatable bonds is 16. The standard InChI is InChI=1S/C23H38INO/c1-2-3-4-5-6-7-8-9-10-11-12-13-14-15-19-25-23(26)21-17-16-18-22(24)20-21/h16-18,20H,2-15,19H2,1H3,(H,25,26). The van der Waals surface area contributed by atoms with Crippen LogP contribution in [-0.2, 0) is 0 Å². The molecular weight excluding hydrogens is 433 g/mol. The molecule has 0 radical (unpaired) electrons. The summed E-state index contributed by atoms with van der Waals surface area (Å²) in [5.41, 5.74) is 0.766. The maximum Gasteiger partial charge on any atom is 0.251 e. The average Bonchev–Trinajstić information content (AvgIpc) is 2.64. The number of halogens is 1. The van der Waals surface area contributed by atoms with Crippen molar-refractivity contribution in [2.75, 3.05) is 6.54 Å². The van der Waals surface area contributed by atoms with Crippen molar-refractivity contribution in [2.24, 2.45) is 0 Å². The van der Waals surface area contributed by atoms with Gasteiger partial charge in [0.25, 0.3) is 5.91 Å². The lowest BCUT2D eigenvalue weighted by Crippen LogP contribution is -2.24. The molecule has 0 unspecified atom stereocenters. The molecule has 2 nitrogen and oxygen atoms in total. The molecule has 0 aliphatic heterocycles. The summed E-state index contributed by atoms with van der Waals surface area (Å²) < 4.78 is 1.10. The van der Waals surface area contributed by atoms with Crippen LogP contribution in [0.15, 0.2) is 24.3 Å². The van der Waals surface area contributed by atoms with Gasteiger partial charge in [0.1, 0.15) is 0 Å². The molecule has 0 bridgehead atoms. The van der Waals surface area contributed by atoms with E-state index in [4.69, 9.17) is 0 Å². The second-order valence-electron chi connectivity index (χ2n) is 7.36. The summed E-state index contributed by atoms with van der Waals surface area (Å²) in [7, 11) is 0. The van der Waals surface area contributed by atoms with E-state index in [1.54, 1.807) is 0 Å². The van der Waals surface area contributed by atoms with Gasteiger partial charge in [-0.2, -0.15) is 0 Å². The van der Waals surface area contributed by atoms with Gasteiger partial charge in [-0.1, -0.05) is 96.5 Å². The predicted octanol–water partition coefficient (Wildman–Crippen LogP) is 7.50. The van der Waals surface area contributed by atoms with E-state index in [0.717, 1.165) is 22.1 Å². The fourth-order valence-electron chi connectivity index (χ4n) is 3.25. The Kier molecular flexibility index (Phi) is 15.0. The lowest BCUT2D eigenvalue weighted by molar-refractivity contribution is 0.0953. The van der Waals surface area contributed by atoms with Gasteiger partial charge >= 0.3 is 0 Å². The minimum atomic E-state index is 0.0539. The largest absolute Gasteiger partial charge is 0.352 e. The van der Waals surface area contributed by atoms with E-state index in [1.165, 1.54) is 83.5 Å². The van der Waals surface area contributed by atoms with Gasteiger partial charge < -0.3 is 5.32 Å². The fraction of sp³-hybridized carbons (Fsp3) is 0.696. The minimum absolute atomic E-state index is 0.0539. The molecule has 26 heavy (non-hydrogen) atoms.